The molecule has 0 saturated heterocycles. The van der Waals surface area contributed by atoms with E-state index >= 15 is 0 Å². The summed E-state index contributed by atoms with van der Waals surface area (Å²) in [6, 6.07) is 13.3. The number of hydrogen-bond acceptors (Lipinski definition) is 2. The van der Waals surface area contributed by atoms with Gasteiger partial charge in [0.2, 0.25) is 0 Å². The van der Waals surface area contributed by atoms with Crippen molar-refractivity contribution in [1.29, 1.82) is 0 Å². The summed E-state index contributed by atoms with van der Waals surface area (Å²) in [7, 11) is 0. The van der Waals surface area contributed by atoms with Crippen LogP contribution >= 0.6 is 23.2 Å². The standard InChI is InChI=1S/C18H13Cl2NO/c19-12-3-1-10(2-4-12)11-7-16-18(17(22)8-11)14-6-5-13(20)9-15(14)21-16/h1-6,9,11,18H,7-8H2. The molecule has 4 heteroatoms. The van der Waals surface area contributed by atoms with E-state index in [0.717, 1.165) is 28.9 Å². The largest absolute Gasteiger partial charge is 0.299 e. The summed E-state index contributed by atoms with van der Waals surface area (Å²) in [5, 5.41) is 1.37. The summed E-state index contributed by atoms with van der Waals surface area (Å²) in [6.07, 6.45) is 1.36. The molecule has 0 spiro atoms. The highest BCUT2D eigenvalue weighted by Gasteiger charge is 2.39. The topological polar surface area (TPSA) is 29.4 Å². The quantitative estimate of drug-likeness (QED) is 0.697. The second-order valence-corrected chi connectivity index (χ2v) is 6.74. The molecule has 2 unspecified atom stereocenters. The smallest absolute Gasteiger partial charge is 0.146 e. The van der Waals surface area contributed by atoms with Crippen LogP contribution in [0.1, 0.15) is 35.8 Å². The minimum Gasteiger partial charge on any atom is -0.299 e. The maximum Gasteiger partial charge on any atom is 0.146 e. The number of benzene rings is 2. The van der Waals surface area contributed by atoms with Gasteiger partial charge in [-0.2, -0.15) is 0 Å². The molecule has 2 aromatic rings. The Labute approximate surface area is 138 Å². The number of halogens is 2. The number of rotatable bonds is 1. The fourth-order valence-corrected chi connectivity index (χ4v) is 3.73. The van der Waals surface area contributed by atoms with Crippen molar-refractivity contribution in [3.05, 3.63) is 63.6 Å². The molecule has 1 fully saturated rings. The Hall–Kier alpha value is -1.64. The number of fused-ring (bicyclic) bond motifs is 3. The Bertz CT molecular complexity index is 795. The third-order valence-electron chi connectivity index (χ3n) is 4.47. The minimum atomic E-state index is -0.171. The zero-order valence-electron chi connectivity index (χ0n) is 11.7. The molecule has 1 aliphatic heterocycles. The molecular formula is C18H13Cl2NO. The van der Waals surface area contributed by atoms with Crippen LogP contribution in [0.2, 0.25) is 10.0 Å². The highest BCUT2D eigenvalue weighted by molar-refractivity contribution is 6.31. The monoisotopic (exact) mass is 329 g/mol. The van der Waals surface area contributed by atoms with E-state index in [2.05, 4.69) is 4.99 Å². The van der Waals surface area contributed by atoms with Gasteiger partial charge in [-0.05, 0) is 47.7 Å². The summed E-state index contributed by atoms with van der Waals surface area (Å²) >= 11 is 12.0. The lowest BCUT2D eigenvalue weighted by atomic mass is 9.75. The number of nitrogens with zero attached hydrogens (tertiary/aromatic N) is 1. The maximum absolute atomic E-state index is 12.6. The van der Waals surface area contributed by atoms with Crippen LogP contribution in [0, 0.1) is 0 Å². The molecule has 110 valence electrons. The summed E-state index contributed by atoms with van der Waals surface area (Å²) in [4.78, 5) is 17.3. The van der Waals surface area contributed by atoms with E-state index in [0.29, 0.717) is 16.5 Å². The number of aliphatic imine (C=N–C) groups is 1. The molecule has 0 N–H and O–H groups in total. The van der Waals surface area contributed by atoms with Gasteiger partial charge in [-0.25, -0.2) is 0 Å². The lowest BCUT2D eigenvalue weighted by Gasteiger charge is -2.26. The first-order valence-electron chi connectivity index (χ1n) is 7.27. The van der Waals surface area contributed by atoms with Crippen LogP contribution in [-0.2, 0) is 4.79 Å². The normalized spacial score (nSPS) is 23.0. The number of carbonyl (C=O) groups excluding carboxylic acids is 1. The van der Waals surface area contributed by atoms with Crippen LogP contribution in [0.25, 0.3) is 0 Å². The molecule has 0 bridgehead atoms. The molecular weight excluding hydrogens is 317 g/mol. The summed E-state index contributed by atoms with van der Waals surface area (Å²) < 4.78 is 0. The van der Waals surface area contributed by atoms with E-state index in [9.17, 15) is 4.79 Å². The summed E-state index contributed by atoms with van der Waals surface area (Å²) in [5.41, 5.74) is 3.96. The van der Waals surface area contributed by atoms with E-state index < -0.39 is 0 Å². The lowest BCUT2D eigenvalue weighted by Crippen LogP contribution is -2.28. The van der Waals surface area contributed by atoms with E-state index in [4.69, 9.17) is 23.2 Å². The number of Topliss-reactive ketones (excluding diaryl/α,β-unsaturated/α-hetero) is 1. The van der Waals surface area contributed by atoms with Gasteiger partial charge in [-0.3, -0.25) is 9.79 Å². The summed E-state index contributed by atoms with van der Waals surface area (Å²) in [6.45, 7) is 0. The second-order valence-electron chi connectivity index (χ2n) is 5.86. The van der Waals surface area contributed by atoms with Crippen molar-refractivity contribution in [3.8, 4) is 0 Å². The van der Waals surface area contributed by atoms with Gasteiger partial charge in [-0.15, -0.1) is 0 Å². The third-order valence-corrected chi connectivity index (χ3v) is 4.95. The van der Waals surface area contributed by atoms with Crippen molar-refractivity contribution in [2.45, 2.75) is 24.7 Å². The van der Waals surface area contributed by atoms with Crippen molar-refractivity contribution in [2.75, 3.05) is 0 Å². The van der Waals surface area contributed by atoms with E-state index in [1.807, 2.05) is 42.5 Å². The van der Waals surface area contributed by atoms with Crippen molar-refractivity contribution in [1.82, 2.24) is 0 Å². The lowest BCUT2D eigenvalue weighted by molar-refractivity contribution is -0.119. The third kappa shape index (κ3) is 2.27. The van der Waals surface area contributed by atoms with Crippen LogP contribution in [0.15, 0.2) is 47.5 Å². The molecule has 2 nitrogen and oxygen atoms in total. The fourth-order valence-electron chi connectivity index (χ4n) is 3.44. The van der Waals surface area contributed by atoms with Crippen molar-refractivity contribution >= 4 is 40.4 Å². The molecule has 4 rings (SSSR count). The highest BCUT2D eigenvalue weighted by atomic mass is 35.5. The van der Waals surface area contributed by atoms with Crippen molar-refractivity contribution in [3.63, 3.8) is 0 Å². The molecule has 0 amide bonds. The summed E-state index contributed by atoms with van der Waals surface area (Å²) in [5.74, 6) is 0.256. The SMILES string of the molecule is O=C1CC(c2ccc(Cl)cc2)CC2=Nc3cc(Cl)ccc3C12. The highest BCUT2D eigenvalue weighted by Crippen LogP contribution is 2.45. The molecule has 1 heterocycles. The molecule has 1 saturated carbocycles. The number of ketones is 1. The Balaban J connectivity index is 1.69. The molecule has 0 radical (unpaired) electrons. The van der Waals surface area contributed by atoms with E-state index in [1.165, 1.54) is 0 Å². The number of carbonyl (C=O) groups is 1. The van der Waals surface area contributed by atoms with Crippen molar-refractivity contribution in [2.24, 2.45) is 4.99 Å². The van der Waals surface area contributed by atoms with Gasteiger partial charge in [0.05, 0.1) is 11.6 Å². The Morgan fingerprint density at radius 3 is 2.45 bits per heavy atom. The Morgan fingerprint density at radius 2 is 1.68 bits per heavy atom. The predicted octanol–water partition coefficient (Wildman–Crippen LogP) is 5.31. The Kier molecular flexibility index (Phi) is 3.32. The average Bonchev–Trinajstić information content (AvgIpc) is 2.85. The van der Waals surface area contributed by atoms with Crippen LogP contribution in [-0.4, -0.2) is 11.5 Å². The van der Waals surface area contributed by atoms with Gasteiger partial charge < -0.3 is 0 Å². The molecule has 2 atom stereocenters. The maximum atomic E-state index is 12.6. The van der Waals surface area contributed by atoms with Crippen molar-refractivity contribution < 1.29 is 4.79 Å². The zero-order chi connectivity index (χ0) is 15.3. The average molecular weight is 330 g/mol. The number of hydrogen-bond donors (Lipinski definition) is 0. The van der Waals surface area contributed by atoms with Gasteiger partial charge in [0.25, 0.3) is 0 Å². The molecule has 1 aliphatic carbocycles. The first-order chi connectivity index (χ1) is 10.6. The fraction of sp³-hybridized carbons (Fsp3) is 0.222. The predicted molar refractivity (Wildman–Crippen MR) is 89.7 cm³/mol. The first kappa shape index (κ1) is 14.0. The van der Waals surface area contributed by atoms with Crippen LogP contribution in [0.3, 0.4) is 0 Å². The molecule has 0 aromatic heterocycles. The molecule has 2 aromatic carbocycles. The van der Waals surface area contributed by atoms with Gasteiger partial charge in [0.1, 0.15) is 5.78 Å². The van der Waals surface area contributed by atoms with Gasteiger partial charge in [0, 0.05) is 22.2 Å². The van der Waals surface area contributed by atoms with Gasteiger partial charge in [0.15, 0.2) is 0 Å². The van der Waals surface area contributed by atoms with Gasteiger partial charge >= 0.3 is 0 Å². The zero-order valence-corrected chi connectivity index (χ0v) is 13.2. The second kappa shape index (κ2) is 5.22. The van der Waals surface area contributed by atoms with Gasteiger partial charge in [-0.1, -0.05) is 41.4 Å². The minimum absolute atomic E-state index is 0.171. The molecule has 2 aliphatic rings. The van der Waals surface area contributed by atoms with E-state index in [-0.39, 0.29) is 17.6 Å². The van der Waals surface area contributed by atoms with E-state index in [1.54, 1.807) is 0 Å². The van der Waals surface area contributed by atoms with Crippen LogP contribution in [0.5, 0.6) is 0 Å². The van der Waals surface area contributed by atoms with Crippen LogP contribution < -0.4 is 0 Å². The Morgan fingerprint density at radius 1 is 0.955 bits per heavy atom. The first-order valence-corrected chi connectivity index (χ1v) is 8.02. The molecule has 22 heavy (non-hydrogen) atoms. The van der Waals surface area contributed by atoms with Crippen LogP contribution in [0.4, 0.5) is 5.69 Å².